The van der Waals surface area contributed by atoms with Crippen LogP contribution in [0.1, 0.15) is 135 Å². The molecule has 2 N–H and O–H groups in total. The van der Waals surface area contributed by atoms with E-state index in [0.717, 1.165) is 0 Å². The van der Waals surface area contributed by atoms with E-state index in [2.05, 4.69) is 20.2 Å². The number of hydrogen-bond donors (Lipinski definition) is 2. The van der Waals surface area contributed by atoms with E-state index >= 15 is 0 Å². The molecule has 3 aromatic heterocycles. The summed E-state index contributed by atoms with van der Waals surface area (Å²) in [5.74, 6) is 0. The Balaban J connectivity index is 0.000000247. The van der Waals surface area contributed by atoms with Crippen molar-refractivity contribution in [3.05, 3.63) is 110 Å². The molecule has 0 saturated heterocycles. The molecule has 1 aromatic carbocycles. The van der Waals surface area contributed by atoms with Crippen LogP contribution in [0.4, 0.5) is 0 Å². The zero-order chi connectivity index (χ0) is 30.4. The molecular weight excluding hydrogens is 524 g/mol. The van der Waals surface area contributed by atoms with E-state index in [-0.39, 0.29) is 0 Å². The summed E-state index contributed by atoms with van der Waals surface area (Å²) < 4.78 is 0. The molecule has 0 atom stereocenters. The lowest BCUT2D eigenvalue weighted by Crippen LogP contribution is -1.85. The van der Waals surface area contributed by atoms with Gasteiger partial charge in [-0.25, -0.2) is 0 Å². The van der Waals surface area contributed by atoms with Crippen molar-refractivity contribution in [1.82, 2.24) is 20.2 Å². The number of nitrogens with zero attached hydrogens (tertiary/aromatic N) is 2. The van der Waals surface area contributed by atoms with Crippen molar-refractivity contribution >= 4 is 0 Å². The lowest BCUT2D eigenvalue weighted by Gasteiger charge is -2.05. The molecule has 4 aliphatic carbocycles. The summed E-state index contributed by atoms with van der Waals surface area (Å²) in [4.78, 5) is 6.65. The highest BCUT2D eigenvalue weighted by atomic mass is 15.1. The molecule has 4 fully saturated rings. The topological polar surface area (TPSA) is 57.4 Å². The summed E-state index contributed by atoms with van der Waals surface area (Å²) in [5.41, 5.74) is 0. The van der Waals surface area contributed by atoms with E-state index in [1.807, 2.05) is 85.2 Å². The van der Waals surface area contributed by atoms with Gasteiger partial charge >= 0.3 is 0 Å². The monoisotopic (exact) mass is 586 g/mol. The lowest BCUT2D eigenvalue weighted by molar-refractivity contribution is 0.504. The Morgan fingerprint density at radius 3 is 0.698 bits per heavy atom. The Labute approximate surface area is 264 Å². The van der Waals surface area contributed by atoms with Crippen LogP contribution in [-0.4, -0.2) is 20.2 Å². The van der Waals surface area contributed by atoms with Gasteiger partial charge in [-0.05, 0) is 30.3 Å². The van der Waals surface area contributed by atoms with Crippen LogP contribution >= 0.6 is 0 Å². The van der Waals surface area contributed by atoms with Crippen LogP contribution in [-0.2, 0) is 0 Å². The first kappa shape index (κ1) is 37.9. The minimum Gasteiger partial charge on any atom is -0.368 e. The second-order valence-electron chi connectivity index (χ2n) is 11.3. The molecule has 0 bridgehead atoms. The second-order valence-corrected chi connectivity index (χ2v) is 11.3. The van der Waals surface area contributed by atoms with E-state index in [1.165, 1.54) is 135 Å². The number of rotatable bonds is 0. The third-order valence-corrected chi connectivity index (χ3v) is 6.99. The number of H-pyrrole nitrogens is 2. The van der Waals surface area contributed by atoms with Gasteiger partial charge in [-0.2, -0.15) is 5.10 Å². The number of aromatic nitrogens is 4. The van der Waals surface area contributed by atoms with E-state index in [4.69, 9.17) is 0 Å². The third kappa shape index (κ3) is 36.8. The first-order valence-corrected chi connectivity index (χ1v) is 17.4. The van der Waals surface area contributed by atoms with Crippen LogP contribution in [0, 0.1) is 0 Å². The fourth-order valence-corrected chi connectivity index (χ4v) is 4.37. The molecule has 4 heteroatoms. The predicted octanol–water partition coefficient (Wildman–Crippen LogP) is 12.4. The normalized spacial score (nSPS) is 15.8. The summed E-state index contributed by atoms with van der Waals surface area (Å²) in [6.07, 6.45) is 42.2. The number of benzene rings is 1. The molecule has 238 valence electrons. The molecule has 4 aromatic rings. The highest BCUT2D eigenvalue weighted by Crippen LogP contribution is 2.16. The molecule has 0 aliphatic heterocycles. The van der Waals surface area contributed by atoms with Gasteiger partial charge in [-0.15, -0.1) is 0 Å². The number of pyridine rings is 1. The average molecular weight is 587 g/mol. The standard InChI is InChI=1S/C7H14.C6H12.C6H6.C5H5N.C5H10.C4H5N.C3H4N2.C3H6/c1-2-4-6-7-5-3-1;3*1-2-4-6-5-3-1;3*1-2-4-5-3-1;1-2-3-1/h1-7H2;1-6H2;1-6H;1-5H;1-5H2;1-5H;1-3H,(H,4,5);1-3H2. The SMILES string of the molecule is C1CC1.C1CCCC1.C1CCCCC1.C1CCCCCC1.c1cc[nH]c1.c1ccccc1.c1ccncc1.c1cn[nH]c1. The number of aromatic amines is 2. The molecular formula is C39H62N4. The Morgan fingerprint density at radius 1 is 0.279 bits per heavy atom. The predicted molar refractivity (Wildman–Crippen MR) is 187 cm³/mol. The Hall–Kier alpha value is -3.14. The van der Waals surface area contributed by atoms with E-state index in [9.17, 15) is 0 Å². The number of hydrogen-bond acceptors (Lipinski definition) is 2. The van der Waals surface area contributed by atoms with Crippen molar-refractivity contribution < 1.29 is 0 Å². The van der Waals surface area contributed by atoms with E-state index in [0.29, 0.717) is 0 Å². The molecule has 43 heavy (non-hydrogen) atoms. The Bertz CT molecular complexity index is 713. The molecule has 0 amide bonds. The molecule has 0 unspecified atom stereocenters. The average Bonchev–Trinajstić information content (AvgIpc) is 3.49. The molecule has 4 nitrogen and oxygen atoms in total. The maximum Gasteiger partial charge on any atom is 0.0487 e. The van der Waals surface area contributed by atoms with E-state index < -0.39 is 0 Å². The first-order chi connectivity index (χ1) is 21.5. The minimum atomic E-state index is 1.50. The van der Waals surface area contributed by atoms with Crippen LogP contribution in [0.15, 0.2) is 110 Å². The summed E-state index contributed by atoms with van der Waals surface area (Å²) in [5, 5.41) is 6.21. The molecule has 0 radical (unpaired) electrons. The summed E-state index contributed by atoms with van der Waals surface area (Å²) in [6, 6.07) is 23.4. The van der Waals surface area contributed by atoms with Gasteiger partial charge in [0.2, 0.25) is 0 Å². The first-order valence-electron chi connectivity index (χ1n) is 17.4. The van der Waals surface area contributed by atoms with Crippen LogP contribution in [0.3, 0.4) is 0 Å². The Kier molecular flexibility index (Phi) is 30.9. The van der Waals surface area contributed by atoms with Crippen LogP contribution in [0.25, 0.3) is 0 Å². The Morgan fingerprint density at radius 2 is 0.581 bits per heavy atom. The minimum absolute atomic E-state index is 1.50. The zero-order valence-corrected chi connectivity index (χ0v) is 27.1. The van der Waals surface area contributed by atoms with Gasteiger partial charge in [0, 0.05) is 37.2 Å². The van der Waals surface area contributed by atoms with Gasteiger partial charge in [0.1, 0.15) is 0 Å². The van der Waals surface area contributed by atoms with Gasteiger partial charge < -0.3 is 4.98 Å². The lowest BCUT2D eigenvalue weighted by atomic mass is 10.0. The van der Waals surface area contributed by atoms with Crippen molar-refractivity contribution in [2.24, 2.45) is 0 Å². The number of nitrogens with one attached hydrogen (secondary N) is 2. The van der Waals surface area contributed by atoms with Crippen LogP contribution in [0.5, 0.6) is 0 Å². The van der Waals surface area contributed by atoms with Crippen molar-refractivity contribution in [2.75, 3.05) is 0 Å². The quantitative estimate of drug-likeness (QED) is 0.201. The fourth-order valence-electron chi connectivity index (χ4n) is 4.37. The maximum absolute atomic E-state index is 3.78. The van der Waals surface area contributed by atoms with Crippen molar-refractivity contribution in [3.63, 3.8) is 0 Å². The highest BCUT2D eigenvalue weighted by molar-refractivity contribution is 4.99. The third-order valence-electron chi connectivity index (χ3n) is 6.99. The molecule has 4 aliphatic rings. The van der Waals surface area contributed by atoms with Crippen molar-refractivity contribution in [3.8, 4) is 0 Å². The van der Waals surface area contributed by atoms with Gasteiger partial charge in [-0.1, -0.05) is 177 Å². The van der Waals surface area contributed by atoms with Gasteiger partial charge in [0.15, 0.2) is 0 Å². The van der Waals surface area contributed by atoms with Gasteiger partial charge in [-0.3, -0.25) is 10.1 Å². The van der Waals surface area contributed by atoms with Crippen molar-refractivity contribution in [2.45, 2.75) is 135 Å². The smallest absolute Gasteiger partial charge is 0.0487 e. The van der Waals surface area contributed by atoms with Gasteiger partial charge in [0.05, 0.1) is 0 Å². The zero-order valence-electron chi connectivity index (χ0n) is 27.1. The van der Waals surface area contributed by atoms with E-state index in [1.54, 1.807) is 24.8 Å². The van der Waals surface area contributed by atoms with Crippen LogP contribution < -0.4 is 0 Å². The summed E-state index contributed by atoms with van der Waals surface area (Å²) >= 11 is 0. The molecule has 3 heterocycles. The molecule has 4 saturated carbocycles. The van der Waals surface area contributed by atoms with Gasteiger partial charge in [0.25, 0.3) is 0 Å². The second kappa shape index (κ2) is 35.1. The van der Waals surface area contributed by atoms with Crippen molar-refractivity contribution in [1.29, 1.82) is 0 Å². The fraction of sp³-hybridized carbons (Fsp3) is 0.538. The molecule has 8 rings (SSSR count). The molecule has 0 spiro atoms. The van der Waals surface area contributed by atoms with Crippen LogP contribution in [0.2, 0.25) is 0 Å². The largest absolute Gasteiger partial charge is 0.368 e. The summed E-state index contributed by atoms with van der Waals surface area (Å²) in [7, 11) is 0. The summed E-state index contributed by atoms with van der Waals surface area (Å²) in [6.45, 7) is 0. The maximum atomic E-state index is 3.78. The highest BCUT2D eigenvalue weighted by Gasteiger charge is 1.97.